The molecule has 0 aromatic rings. The van der Waals surface area contributed by atoms with E-state index in [-0.39, 0.29) is 22.3 Å². The lowest BCUT2D eigenvalue weighted by atomic mass is 11.9. The number of hydrogen-bond acceptors (Lipinski definition) is 2. The predicted octanol–water partition coefficient (Wildman–Crippen LogP) is 1.58. The Morgan fingerprint density at radius 3 is 0.875 bits per heavy atom. The van der Waals surface area contributed by atoms with Gasteiger partial charge in [-0.05, 0) is 13.1 Å². The summed E-state index contributed by atoms with van der Waals surface area (Å²) in [5.41, 5.74) is 0. The van der Waals surface area contributed by atoms with Gasteiger partial charge in [-0.3, -0.25) is 0 Å². The lowest BCUT2D eigenvalue weighted by Gasteiger charge is -1.97. The summed E-state index contributed by atoms with van der Waals surface area (Å²) in [6, 6.07) is 0. The van der Waals surface area contributed by atoms with Crippen molar-refractivity contribution in [1.82, 2.24) is 0 Å². The third-order valence-electron chi connectivity index (χ3n) is 0. The van der Waals surface area contributed by atoms with E-state index in [9.17, 15) is 0 Å². The fourth-order valence-electron chi connectivity index (χ4n) is 0. The van der Waals surface area contributed by atoms with Gasteiger partial charge in [-0.25, -0.2) is 0 Å². The first-order valence-electron chi connectivity index (χ1n) is 1.45. The van der Waals surface area contributed by atoms with E-state index in [1.54, 1.807) is 0 Å². The van der Waals surface area contributed by atoms with Gasteiger partial charge >= 0.3 is 8.56 Å². The van der Waals surface area contributed by atoms with E-state index >= 15 is 0 Å². The molecule has 2 nitrogen and oxygen atoms in total. The summed E-state index contributed by atoms with van der Waals surface area (Å²) in [6.45, 7) is 2.88. The van der Waals surface area contributed by atoms with Crippen LogP contribution in [0.25, 0.3) is 0 Å². The Kier molecular flexibility index (Phi) is 21.6. The van der Waals surface area contributed by atoms with Crippen LogP contribution in [0.1, 0.15) is 22.3 Å². The molecule has 0 aliphatic carbocycles. The smallest absolute Gasteiger partial charge is 0.326 e. The Bertz CT molecular complexity index is 25.9. The molecule has 0 radical (unpaired) electrons. The fraction of sp³-hybridized carbons (Fsp3) is 1.00. The van der Waals surface area contributed by atoms with Gasteiger partial charge in [-0.1, -0.05) is 22.3 Å². The minimum atomic E-state index is -2.61. The van der Waals surface area contributed by atoms with E-state index in [4.69, 9.17) is 9.59 Å². The van der Waals surface area contributed by atoms with Gasteiger partial charge in [0, 0.05) is 0 Å². The average Bonchev–Trinajstić information content (AvgIpc) is 0.722. The van der Waals surface area contributed by atoms with Crippen LogP contribution in [0, 0.1) is 0 Å². The molecule has 2 N–H and O–H groups in total. The first-order valence-corrected chi connectivity index (χ1v) is 4.34. The second-order valence-corrected chi connectivity index (χ2v) is 4.48. The Morgan fingerprint density at radius 1 is 0.875 bits per heavy atom. The summed E-state index contributed by atoms with van der Waals surface area (Å²) in [6.07, 6.45) is 0. The lowest BCUT2D eigenvalue weighted by molar-refractivity contribution is 0.382. The van der Waals surface area contributed by atoms with Gasteiger partial charge in [0.2, 0.25) is 0 Å². The Labute approximate surface area is 54.4 Å². The zero-order valence-electron chi connectivity index (χ0n) is 3.39. The van der Waals surface area contributed by atoms with Crippen LogP contribution in [-0.2, 0) is 0 Å². The molecule has 0 atom stereocenters. The molecule has 0 amide bonds. The maximum atomic E-state index is 8.22. The van der Waals surface area contributed by atoms with Gasteiger partial charge < -0.3 is 9.59 Å². The standard InChI is InChI=1S/C2H8O2Si.3CH4/c1-5(2,3)4;;;/h3-4H,1-2H3;3*1H4. The van der Waals surface area contributed by atoms with E-state index in [1.807, 2.05) is 0 Å². The Hall–Kier alpha value is 0.137. The highest BCUT2D eigenvalue weighted by atomic mass is 28.4. The molecule has 3 heteroatoms. The highest BCUT2D eigenvalue weighted by molar-refractivity contribution is 6.61. The van der Waals surface area contributed by atoms with Gasteiger partial charge in [0.15, 0.2) is 0 Å². The third kappa shape index (κ3) is 8640. The summed E-state index contributed by atoms with van der Waals surface area (Å²) in [5, 5.41) is 0. The van der Waals surface area contributed by atoms with E-state index in [0.29, 0.717) is 0 Å². The summed E-state index contributed by atoms with van der Waals surface area (Å²) in [7, 11) is -2.61. The van der Waals surface area contributed by atoms with E-state index < -0.39 is 8.56 Å². The molecule has 56 valence electrons. The Morgan fingerprint density at radius 2 is 0.875 bits per heavy atom. The SMILES string of the molecule is C.C.C.C[Si](C)(O)O. The van der Waals surface area contributed by atoms with Crippen molar-refractivity contribution in [3.8, 4) is 0 Å². The first kappa shape index (κ1) is 24.2. The van der Waals surface area contributed by atoms with Gasteiger partial charge in [-0.2, -0.15) is 0 Å². The molecule has 0 bridgehead atoms. The normalized spacial score (nSPS) is 7.50. The summed E-state index contributed by atoms with van der Waals surface area (Å²) < 4.78 is 0. The quantitative estimate of drug-likeness (QED) is 0.502. The second kappa shape index (κ2) is 7.14. The molecule has 0 aliphatic heterocycles. The molecule has 0 unspecified atom stereocenters. The summed E-state index contributed by atoms with van der Waals surface area (Å²) >= 11 is 0. The van der Waals surface area contributed by atoms with Crippen molar-refractivity contribution in [1.29, 1.82) is 0 Å². The van der Waals surface area contributed by atoms with Crippen LogP contribution in [0.15, 0.2) is 0 Å². The summed E-state index contributed by atoms with van der Waals surface area (Å²) in [4.78, 5) is 16.4. The minimum Gasteiger partial charge on any atom is -0.411 e. The maximum Gasteiger partial charge on any atom is 0.326 e. The predicted molar refractivity (Wildman–Crippen MR) is 42.1 cm³/mol. The zero-order valence-corrected chi connectivity index (χ0v) is 4.39. The van der Waals surface area contributed by atoms with Gasteiger partial charge in [0.1, 0.15) is 0 Å². The third-order valence-corrected chi connectivity index (χ3v) is 0. The molecule has 0 spiro atoms. The van der Waals surface area contributed by atoms with Crippen LogP contribution in [0.5, 0.6) is 0 Å². The van der Waals surface area contributed by atoms with Gasteiger partial charge in [0.05, 0.1) is 0 Å². The van der Waals surface area contributed by atoms with Crippen molar-refractivity contribution in [3.63, 3.8) is 0 Å². The van der Waals surface area contributed by atoms with Gasteiger partial charge in [0.25, 0.3) is 0 Å². The topological polar surface area (TPSA) is 40.5 Å². The molecule has 0 rings (SSSR count). The fourth-order valence-corrected chi connectivity index (χ4v) is 0. The van der Waals surface area contributed by atoms with Crippen LogP contribution < -0.4 is 0 Å². The van der Waals surface area contributed by atoms with Gasteiger partial charge in [-0.15, -0.1) is 0 Å². The molecule has 0 saturated carbocycles. The molecular formula is C5H20O2Si. The molecule has 0 aliphatic rings. The molecule has 0 aromatic carbocycles. The second-order valence-electron chi connectivity index (χ2n) is 1.49. The monoisotopic (exact) mass is 140 g/mol. The minimum absolute atomic E-state index is 0. The number of rotatable bonds is 0. The number of hydrogen-bond donors (Lipinski definition) is 2. The van der Waals surface area contributed by atoms with Crippen molar-refractivity contribution in [2.75, 3.05) is 0 Å². The first-order chi connectivity index (χ1) is 2.00. The van der Waals surface area contributed by atoms with Crippen molar-refractivity contribution >= 4 is 8.56 Å². The highest BCUT2D eigenvalue weighted by Gasteiger charge is 2.08. The Balaban J connectivity index is -0.0000000267. The van der Waals surface area contributed by atoms with E-state index in [1.165, 1.54) is 13.1 Å². The van der Waals surface area contributed by atoms with Crippen LogP contribution in [0.2, 0.25) is 13.1 Å². The van der Waals surface area contributed by atoms with Crippen LogP contribution in [0.4, 0.5) is 0 Å². The molecule has 0 heterocycles. The van der Waals surface area contributed by atoms with Crippen molar-refractivity contribution in [2.24, 2.45) is 0 Å². The maximum absolute atomic E-state index is 8.22. The molecule has 8 heavy (non-hydrogen) atoms. The highest BCUT2D eigenvalue weighted by Crippen LogP contribution is 1.82. The van der Waals surface area contributed by atoms with Crippen molar-refractivity contribution in [2.45, 2.75) is 35.4 Å². The summed E-state index contributed by atoms with van der Waals surface area (Å²) in [5.74, 6) is 0. The molecular weight excluding hydrogens is 120 g/mol. The largest absolute Gasteiger partial charge is 0.411 e. The van der Waals surface area contributed by atoms with Crippen molar-refractivity contribution < 1.29 is 9.59 Å². The van der Waals surface area contributed by atoms with Crippen LogP contribution >= 0.6 is 0 Å². The van der Waals surface area contributed by atoms with Crippen molar-refractivity contribution in [3.05, 3.63) is 0 Å². The van der Waals surface area contributed by atoms with Crippen LogP contribution in [0.3, 0.4) is 0 Å². The zero-order chi connectivity index (χ0) is 4.50. The molecule has 0 fully saturated rings. The lowest BCUT2D eigenvalue weighted by Crippen LogP contribution is -2.23. The molecule has 0 saturated heterocycles. The van der Waals surface area contributed by atoms with E-state index in [0.717, 1.165) is 0 Å². The average molecular weight is 140 g/mol. The van der Waals surface area contributed by atoms with Crippen LogP contribution in [-0.4, -0.2) is 18.2 Å². The molecule has 0 aromatic heterocycles. The van der Waals surface area contributed by atoms with E-state index in [2.05, 4.69) is 0 Å².